The molecule has 1 aromatic carbocycles. The van der Waals surface area contributed by atoms with E-state index in [0.717, 1.165) is 28.3 Å². The standard InChI is InChI=1S/C15H15N3O/c1-9-16-7-6-12(17-9)10-4-5-11-13(8-10)18-14(19)15(11,2)3/h4-8H,1-3H3,(H,18,19). The zero-order valence-electron chi connectivity index (χ0n) is 11.2. The van der Waals surface area contributed by atoms with Gasteiger partial charge in [0.1, 0.15) is 5.82 Å². The van der Waals surface area contributed by atoms with Crippen LogP contribution in [-0.4, -0.2) is 15.9 Å². The summed E-state index contributed by atoms with van der Waals surface area (Å²) in [5.41, 5.74) is 3.31. The lowest BCUT2D eigenvalue weighted by molar-refractivity contribution is -0.119. The Kier molecular flexibility index (Phi) is 2.42. The number of nitrogens with zero attached hydrogens (tertiary/aromatic N) is 2. The van der Waals surface area contributed by atoms with Crippen LogP contribution in [-0.2, 0) is 10.2 Å². The number of nitrogens with one attached hydrogen (secondary N) is 1. The highest BCUT2D eigenvalue weighted by atomic mass is 16.2. The highest BCUT2D eigenvalue weighted by molar-refractivity contribution is 6.06. The average molecular weight is 253 g/mol. The first-order valence-electron chi connectivity index (χ1n) is 6.24. The van der Waals surface area contributed by atoms with E-state index in [0.29, 0.717) is 0 Å². The molecule has 3 rings (SSSR count). The first-order chi connectivity index (χ1) is 8.98. The second-order valence-electron chi connectivity index (χ2n) is 5.33. The second-order valence-corrected chi connectivity index (χ2v) is 5.33. The minimum absolute atomic E-state index is 0.0403. The molecule has 1 N–H and O–H groups in total. The summed E-state index contributed by atoms with van der Waals surface area (Å²) in [6.07, 6.45) is 1.74. The molecule has 0 saturated carbocycles. The van der Waals surface area contributed by atoms with Crippen molar-refractivity contribution >= 4 is 11.6 Å². The summed E-state index contributed by atoms with van der Waals surface area (Å²) in [5.74, 6) is 0.779. The van der Waals surface area contributed by atoms with E-state index in [9.17, 15) is 4.79 Å². The third kappa shape index (κ3) is 1.80. The zero-order valence-corrected chi connectivity index (χ0v) is 11.2. The Hall–Kier alpha value is -2.23. The summed E-state index contributed by atoms with van der Waals surface area (Å²) in [6, 6.07) is 7.85. The Morgan fingerprint density at radius 2 is 2.00 bits per heavy atom. The number of hydrogen-bond acceptors (Lipinski definition) is 3. The number of aryl methyl sites for hydroxylation is 1. The summed E-state index contributed by atoms with van der Waals surface area (Å²) in [4.78, 5) is 20.4. The van der Waals surface area contributed by atoms with E-state index in [-0.39, 0.29) is 5.91 Å². The summed E-state index contributed by atoms with van der Waals surface area (Å²) >= 11 is 0. The number of benzene rings is 1. The van der Waals surface area contributed by atoms with E-state index in [1.165, 1.54) is 0 Å². The van der Waals surface area contributed by atoms with Crippen LogP contribution in [0.3, 0.4) is 0 Å². The third-order valence-corrected chi connectivity index (χ3v) is 3.58. The molecule has 96 valence electrons. The number of anilines is 1. The third-order valence-electron chi connectivity index (χ3n) is 3.58. The van der Waals surface area contributed by atoms with Crippen molar-refractivity contribution in [3.63, 3.8) is 0 Å². The molecule has 4 heteroatoms. The van der Waals surface area contributed by atoms with E-state index in [4.69, 9.17) is 0 Å². The fourth-order valence-electron chi connectivity index (χ4n) is 2.37. The molecule has 1 aliphatic rings. The lowest BCUT2D eigenvalue weighted by atomic mass is 9.86. The molecule has 0 spiro atoms. The second kappa shape index (κ2) is 3.88. The lowest BCUT2D eigenvalue weighted by Gasteiger charge is -2.14. The van der Waals surface area contributed by atoms with E-state index >= 15 is 0 Å². The van der Waals surface area contributed by atoms with Crippen LogP contribution in [0.25, 0.3) is 11.3 Å². The van der Waals surface area contributed by atoms with Gasteiger partial charge in [0.15, 0.2) is 0 Å². The topological polar surface area (TPSA) is 54.9 Å². The molecule has 19 heavy (non-hydrogen) atoms. The molecule has 2 aromatic rings. The summed E-state index contributed by atoms with van der Waals surface area (Å²) in [5, 5.41) is 2.93. The molecule has 4 nitrogen and oxygen atoms in total. The molecule has 1 aromatic heterocycles. The van der Waals surface area contributed by atoms with Gasteiger partial charge in [0, 0.05) is 17.4 Å². The highest BCUT2D eigenvalue weighted by Crippen LogP contribution is 2.39. The van der Waals surface area contributed by atoms with Crippen molar-refractivity contribution in [3.05, 3.63) is 41.9 Å². The largest absolute Gasteiger partial charge is 0.325 e. The first kappa shape index (κ1) is 11.8. The molecule has 0 saturated heterocycles. The van der Waals surface area contributed by atoms with E-state index in [1.54, 1.807) is 6.20 Å². The predicted molar refractivity (Wildman–Crippen MR) is 73.9 cm³/mol. The fraction of sp³-hybridized carbons (Fsp3) is 0.267. The lowest BCUT2D eigenvalue weighted by Crippen LogP contribution is -2.26. The normalized spacial score (nSPS) is 16.1. The first-order valence-corrected chi connectivity index (χ1v) is 6.24. The van der Waals surface area contributed by atoms with Crippen LogP contribution in [0.15, 0.2) is 30.5 Å². The quantitative estimate of drug-likeness (QED) is 0.850. The van der Waals surface area contributed by atoms with Gasteiger partial charge in [0.05, 0.1) is 11.1 Å². The van der Waals surface area contributed by atoms with Crippen molar-refractivity contribution in [2.75, 3.05) is 5.32 Å². The summed E-state index contributed by atoms with van der Waals surface area (Å²) in [6.45, 7) is 5.73. The average Bonchev–Trinajstić information content (AvgIpc) is 2.60. The van der Waals surface area contributed by atoms with Crippen molar-refractivity contribution in [2.24, 2.45) is 0 Å². The van der Waals surface area contributed by atoms with Gasteiger partial charge in [0.2, 0.25) is 5.91 Å². The fourth-order valence-corrected chi connectivity index (χ4v) is 2.37. The number of fused-ring (bicyclic) bond motifs is 1. The SMILES string of the molecule is Cc1nccc(-c2ccc3c(c2)NC(=O)C3(C)C)n1. The molecular formula is C15H15N3O. The van der Waals surface area contributed by atoms with Crippen molar-refractivity contribution < 1.29 is 4.79 Å². The molecule has 0 bridgehead atoms. The van der Waals surface area contributed by atoms with Gasteiger partial charge in [-0.25, -0.2) is 9.97 Å². The van der Waals surface area contributed by atoms with Crippen LogP contribution in [0, 0.1) is 6.92 Å². The highest BCUT2D eigenvalue weighted by Gasteiger charge is 2.38. The Morgan fingerprint density at radius 3 is 2.74 bits per heavy atom. The summed E-state index contributed by atoms with van der Waals surface area (Å²) in [7, 11) is 0. The van der Waals surface area contributed by atoms with Crippen LogP contribution in [0.4, 0.5) is 5.69 Å². The van der Waals surface area contributed by atoms with Gasteiger partial charge in [-0.15, -0.1) is 0 Å². The Balaban J connectivity index is 2.10. The summed E-state index contributed by atoms with van der Waals surface area (Å²) < 4.78 is 0. The molecule has 0 unspecified atom stereocenters. The van der Waals surface area contributed by atoms with Gasteiger partial charge in [-0.3, -0.25) is 4.79 Å². The van der Waals surface area contributed by atoms with Crippen LogP contribution < -0.4 is 5.32 Å². The number of aromatic nitrogens is 2. The number of carbonyl (C=O) groups excluding carboxylic acids is 1. The van der Waals surface area contributed by atoms with Crippen LogP contribution in [0.1, 0.15) is 25.2 Å². The number of carbonyl (C=O) groups is 1. The van der Waals surface area contributed by atoms with Gasteiger partial charge in [0.25, 0.3) is 0 Å². The zero-order chi connectivity index (χ0) is 13.6. The van der Waals surface area contributed by atoms with Crippen molar-refractivity contribution in [1.82, 2.24) is 9.97 Å². The number of hydrogen-bond donors (Lipinski definition) is 1. The monoisotopic (exact) mass is 253 g/mol. The van der Waals surface area contributed by atoms with Gasteiger partial charge < -0.3 is 5.32 Å². The van der Waals surface area contributed by atoms with Gasteiger partial charge in [-0.05, 0) is 38.5 Å². The molecule has 1 aliphatic heterocycles. The van der Waals surface area contributed by atoms with E-state index < -0.39 is 5.41 Å². The molecule has 1 amide bonds. The molecule has 0 atom stereocenters. The Morgan fingerprint density at radius 1 is 1.21 bits per heavy atom. The molecule has 0 aliphatic carbocycles. The minimum atomic E-state index is -0.463. The van der Waals surface area contributed by atoms with Crippen LogP contribution >= 0.6 is 0 Å². The predicted octanol–water partition coefficient (Wildman–Crippen LogP) is 2.68. The Labute approximate surface area is 111 Å². The van der Waals surface area contributed by atoms with Crippen molar-refractivity contribution in [2.45, 2.75) is 26.2 Å². The molecular weight excluding hydrogens is 238 g/mol. The molecule has 0 fully saturated rings. The maximum Gasteiger partial charge on any atom is 0.234 e. The smallest absolute Gasteiger partial charge is 0.234 e. The van der Waals surface area contributed by atoms with Gasteiger partial charge >= 0.3 is 0 Å². The van der Waals surface area contributed by atoms with Crippen molar-refractivity contribution in [3.8, 4) is 11.3 Å². The van der Waals surface area contributed by atoms with Gasteiger partial charge in [-0.2, -0.15) is 0 Å². The molecule has 2 heterocycles. The van der Waals surface area contributed by atoms with Crippen LogP contribution in [0.2, 0.25) is 0 Å². The van der Waals surface area contributed by atoms with Crippen molar-refractivity contribution in [1.29, 1.82) is 0 Å². The molecule has 0 radical (unpaired) electrons. The number of rotatable bonds is 1. The minimum Gasteiger partial charge on any atom is -0.325 e. The van der Waals surface area contributed by atoms with Crippen LogP contribution in [0.5, 0.6) is 0 Å². The van der Waals surface area contributed by atoms with E-state index in [2.05, 4.69) is 15.3 Å². The maximum absolute atomic E-state index is 11.9. The maximum atomic E-state index is 11.9. The number of amides is 1. The van der Waals surface area contributed by atoms with E-state index in [1.807, 2.05) is 45.0 Å². The Bertz CT molecular complexity index is 677. The van der Waals surface area contributed by atoms with Gasteiger partial charge in [-0.1, -0.05) is 12.1 Å².